The van der Waals surface area contributed by atoms with Gasteiger partial charge in [0.25, 0.3) is 0 Å². The smallest absolute Gasteiger partial charge is 0.162 e. The van der Waals surface area contributed by atoms with Crippen molar-refractivity contribution in [3.8, 4) is 40.0 Å². The molecule has 30 heavy (non-hydrogen) atoms. The highest BCUT2D eigenvalue weighted by atomic mass is 16.5. The first-order chi connectivity index (χ1) is 14.6. The highest BCUT2D eigenvalue weighted by molar-refractivity contribution is 5.88. The molecule has 0 aliphatic carbocycles. The van der Waals surface area contributed by atoms with E-state index in [9.17, 15) is 0 Å². The molecule has 0 saturated carbocycles. The number of rotatable bonds is 6. The monoisotopic (exact) mass is 402 g/mol. The fourth-order valence-corrected chi connectivity index (χ4v) is 3.26. The van der Waals surface area contributed by atoms with E-state index >= 15 is 0 Å². The topological polar surface area (TPSA) is 62.7 Å². The number of methoxy groups -OCH3 is 3. The molecule has 0 bridgehead atoms. The van der Waals surface area contributed by atoms with Gasteiger partial charge in [0.1, 0.15) is 17.2 Å². The summed E-state index contributed by atoms with van der Waals surface area (Å²) in [5.41, 5.74) is 3.28. The van der Waals surface area contributed by atoms with E-state index in [4.69, 9.17) is 23.9 Å². The highest BCUT2D eigenvalue weighted by Crippen LogP contribution is 2.39. The summed E-state index contributed by atoms with van der Waals surface area (Å²) >= 11 is 0. The van der Waals surface area contributed by atoms with Crippen LogP contribution in [-0.4, -0.2) is 31.3 Å². The summed E-state index contributed by atoms with van der Waals surface area (Å²) in [7, 11) is 4.85. The highest BCUT2D eigenvalue weighted by Gasteiger charge is 2.15. The van der Waals surface area contributed by atoms with Crippen LogP contribution in [0.1, 0.15) is 5.69 Å². The molecule has 2 heterocycles. The van der Waals surface area contributed by atoms with Gasteiger partial charge >= 0.3 is 0 Å². The van der Waals surface area contributed by atoms with Gasteiger partial charge in [-0.25, -0.2) is 4.98 Å². The van der Waals surface area contributed by atoms with Crippen LogP contribution in [0, 0.1) is 6.92 Å². The van der Waals surface area contributed by atoms with E-state index in [-0.39, 0.29) is 0 Å². The standard InChI is InChI=1S/C24H22N2O4/c1-15-8-9-21(24(26-15)16-6-5-7-17(12-16)27-2)30-20-10-11-25-19-14-23(29-4)22(28-3)13-18(19)20/h5-14H,1-4H3. The molecule has 4 rings (SSSR count). The molecule has 0 saturated heterocycles. The van der Waals surface area contributed by atoms with Crippen molar-refractivity contribution in [2.45, 2.75) is 6.92 Å². The van der Waals surface area contributed by atoms with Crippen LogP contribution < -0.4 is 18.9 Å². The molecule has 0 amide bonds. The molecular formula is C24H22N2O4. The van der Waals surface area contributed by atoms with Gasteiger partial charge in [-0.3, -0.25) is 4.98 Å². The van der Waals surface area contributed by atoms with E-state index in [1.807, 2.05) is 61.5 Å². The third-order valence-electron chi connectivity index (χ3n) is 4.77. The molecule has 0 unspecified atom stereocenters. The van der Waals surface area contributed by atoms with Crippen LogP contribution in [0.25, 0.3) is 22.2 Å². The largest absolute Gasteiger partial charge is 0.497 e. The van der Waals surface area contributed by atoms with E-state index in [1.165, 1.54) is 0 Å². The number of aryl methyl sites for hydroxylation is 1. The number of pyridine rings is 2. The number of nitrogens with zero attached hydrogens (tertiary/aromatic N) is 2. The summed E-state index contributed by atoms with van der Waals surface area (Å²) in [5.74, 6) is 3.27. The Morgan fingerprint density at radius 1 is 0.733 bits per heavy atom. The fraction of sp³-hybridized carbons (Fsp3) is 0.167. The molecule has 4 aromatic rings. The summed E-state index contributed by atoms with van der Waals surface area (Å²) in [5, 5.41) is 0.812. The quantitative estimate of drug-likeness (QED) is 0.429. The second-order valence-corrected chi connectivity index (χ2v) is 6.67. The zero-order valence-corrected chi connectivity index (χ0v) is 17.3. The predicted octanol–water partition coefficient (Wildman–Crippen LogP) is 5.42. The Kier molecular flexibility index (Phi) is 5.39. The summed E-state index contributed by atoms with van der Waals surface area (Å²) in [4.78, 5) is 9.15. The van der Waals surface area contributed by atoms with Crippen molar-refractivity contribution in [1.82, 2.24) is 9.97 Å². The molecule has 6 nitrogen and oxygen atoms in total. The molecule has 2 aromatic heterocycles. The van der Waals surface area contributed by atoms with Crippen molar-refractivity contribution < 1.29 is 18.9 Å². The molecule has 0 aliphatic rings. The molecule has 0 aliphatic heterocycles. The lowest BCUT2D eigenvalue weighted by atomic mass is 10.1. The van der Waals surface area contributed by atoms with Crippen LogP contribution in [0.15, 0.2) is 60.8 Å². The van der Waals surface area contributed by atoms with Gasteiger partial charge in [0, 0.05) is 28.9 Å². The Morgan fingerprint density at radius 3 is 2.30 bits per heavy atom. The predicted molar refractivity (Wildman–Crippen MR) is 116 cm³/mol. The molecule has 0 N–H and O–H groups in total. The van der Waals surface area contributed by atoms with Crippen molar-refractivity contribution in [1.29, 1.82) is 0 Å². The molecule has 6 heteroatoms. The lowest BCUT2D eigenvalue weighted by Crippen LogP contribution is -1.96. The second-order valence-electron chi connectivity index (χ2n) is 6.67. The Balaban J connectivity index is 1.83. The lowest BCUT2D eigenvalue weighted by Gasteiger charge is -2.15. The van der Waals surface area contributed by atoms with E-state index in [1.54, 1.807) is 27.5 Å². The molecular weight excluding hydrogens is 380 g/mol. The first-order valence-corrected chi connectivity index (χ1v) is 9.43. The molecule has 0 radical (unpaired) electrons. The Hall–Kier alpha value is -3.80. The zero-order valence-electron chi connectivity index (χ0n) is 17.3. The minimum atomic E-state index is 0.609. The summed E-state index contributed by atoms with van der Waals surface area (Å²) < 4.78 is 22.5. The third-order valence-corrected chi connectivity index (χ3v) is 4.77. The van der Waals surface area contributed by atoms with Gasteiger partial charge in [-0.15, -0.1) is 0 Å². The summed E-state index contributed by atoms with van der Waals surface area (Å²) in [6, 6.07) is 17.1. The van der Waals surface area contributed by atoms with Gasteiger partial charge in [-0.2, -0.15) is 0 Å². The number of fused-ring (bicyclic) bond motifs is 1. The number of hydrogen-bond acceptors (Lipinski definition) is 6. The van der Waals surface area contributed by atoms with Gasteiger partial charge in [0.15, 0.2) is 17.2 Å². The number of ether oxygens (including phenoxy) is 4. The fourth-order valence-electron chi connectivity index (χ4n) is 3.26. The normalized spacial score (nSPS) is 10.7. The Labute approximate surface area is 175 Å². The Bertz CT molecular complexity index is 1210. The van der Waals surface area contributed by atoms with Gasteiger partial charge in [0.05, 0.1) is 26.8 Å². The average Bonchev–Trinajstić information content (AvgIpc) is 2.79. The van der Waals surface area contributed by atoms with Gasteiger partial charge in [-0.05, 0) is 43.3 Å². The maximum absolute atomic E-state index is 6.34. The van der Waals surface area contributed by atoms with E-state index in [2.05, 4.69) is 4.98 Å². The van der Waals surface area contributed by atoms with Crippen LogP contribution in [0.3, 0.4) is 0 Å². The average molecular weight is 402 g/mol. The maximum atomic E-state index is 6.34. The SMILES string of the molecule is COc1cccc(-c2nc(C)ccc2Oc2ccnc3cc(OC)c(OC)cc23)c1. The van der Waals surface area contributed by atoms with Crippen molar-refractivity contribution in [3.05, 3.63) is 66.5 Å². The molecule has 0 atom stereocenters. The second kappa shape index (κ2) is 8.29. The van der Waals surface area contributed by atoms with Crippen molar-refractivity contribution in [3.63, 3.8) is 0 Å². The zero-order chi connectivity index (χ0) is 21.1. The maximum Gasteiger partial charge on any atom is 0.162 e. The van der Waals surface area contributed by atoms with Crippen LogP contribution in [0.2, 0.25) is 0 Å². The van der Waals surface area contributed by atoms with Crippen LogP contribution >= 0.6 is 0 Å². The first kappa shape index (κ1) is 19.5. The Morgan fingerprint density at radius 2 is 1.53 bits per heavy atom. The summed E-state index contributed by atoms with van der Waals surface area (Å²) in [6.07, 6.45) is 1.70. The van der Waals surface area contributed by atoms with Crippen LogP contribution in [-0.2, 0) is 0 Å². The van der Waals surface area contributed by atoms with Crippen LogP contribution in [0.4, 0.5) is 0 Å². The minimum absolute atomic E-state index is 0.609. The van der Waals surface area contributed by atoms with Crippen molar-refractivity contribution in [2.75, 3.05) is 21.3 Å². The lowest BCUT2D eigenvalue weighted by molar-refractivity contribution is 0.355. The molecule has 152 valence electrons. The number of hydrogen-bond donors (Lipinski definition) is 0. The minimum Gasteiger partial charge on any atom is -0.497 e. The molecule has 0 fully saturated rings. The van der Waals surface area contributed by atoms with Gasteiger partial charge < -0.3 is 18.9 Å². The summed E-state index contributed by atoms with van der Waals surface area (Å²) in [6.45, 7) is 1.95. The van der Waals surface area contributed by atoms with Gasteiger partial charge in [-0.1, -0.05) is 12.1 Å². The first-order valence-electron chi connectivity index (χ1n) is 9.43. The molecule has 2 aromatic carbocycles. The van der Waals surface area contributed by atoms with Gasteiger partial charge in [0.2, 0.25) is 0 Å². The van der Waals surface area contributed by atoms with Crippen molar-refractivity contribution in [2.24, 2.45) is 0 Å². The van der Waals surface area contributed by atoms with Crippen LogP contribution in [0.5, 0.6) is 28.7 Å². The number of aromatic nitrogens is 2. The van der Waals surface area contributed by atoms with E-state index in [0.717, 1.165) is 33.6 Å². The van der Waals surface area contributed by atoms with Crippen molar-refractivity contribution >= 4 is 10.9 Å². The van der Waals surface area contributed by atoms with E-state index in [0.29, 0.717) is 23.0 Å². The molecule has 0 spiro atoms. The van der Waals surface area contributed by atoms with E-state index < -0.39 is 0 Å². The number of benzene rings is 2. The third kappa shape index (κ3) is 3.72.